The second kappa shape index (κ2) is 5.36. The maximum absolute atomic E-state index is 12.5. The van der Waals surface area contributed by atoms with Crippen molar-refractivity contribution in [3.63, 3.8) is 0 Å². The minimum absolute atomic E-state index is 0.105. The number of amides is 1. The Hall–Kier alpha value is -2.30. The molecule has 1 aromatic carbocycles. The molecule has 0 aliphatic heterocycles. The van der Waals surface area contributed by atoms with Gasteiger partial charge in [-0.25, -0.2) is 0 Å². The fourth-order valence-electron chi connectivity index (χ4n) is 2.10. The van der Waals surface area contributed by atoms with Crippen LogP contribution in [0.15, 0.2) is 22.7 Å². The predicted molar refractivity (Wildman–Crippen MR) is 77.4 cm³/mol. The van der Waals surface area contributed by atoms with E-state index in [1.54, 1.807) is 18.0 Å². The van der Waals surface area contributed by atoms with E-state index in [0.717, 1.165) is 22.6 Å². The van der Waals surface area contributed by atoms with E-state index >= 15 is 0 Å². The van der Waals surface area contributed by atoms with Gasteiger partial charge < -0.3 is 15.2 Å². The lowest BCUT2D eigenvalue weighted by Crippen LogP contribution is -2.27. The van der Waals surface area contributed by atoms with Crippen LogP contribution in [0.4, 0.5) is 5.69 Å². The highest BCUT2D eigenvalue weighted by molar-refractivity contribution is 5.99. The first-order valence-corrected chi connectivity index (χ1v) is 6.43. The fourth-order valence-corrected chi connectivity index (χ4v) is 2.10. The van der Waals surface area contributed by atoms with Crippen molar-refractivity contribution in [3.05, 3.63) is 46.3 Å². The molecular weight excluding hydrogens is 254 g/mol. The highest BCUT2D eigenvalue weighted by Gasteiger charge is 2.18. The van der Waals surface area contributed by atoms with Crippen LogP contribution in [0.25, 0.3) is 0 Å². The molecule has 106 valence electrons. The van der Waals surface area contributed by atoms with Crippen molar-refractivity contribution in [2.24, 2.45) is 0 Å². The molecular formula is C15H19N3O2. The standard InChI is InChI=1S/C15H19N3O2/c1-9-5-6-14(16)12(7-9)15(19)18(4)8-13-10(2)17-20-11(13)3/h5-7H,8,16H2,1-4H3. The molecule has 0 bridgehead atoms. The lowest BCUT2D eigenvalue weighted by molar-refractivity contribution is 0.0785. The number of carbonyl (C=O) groups excluding carboxylic acids is 1. The van der Waals surface area contributed by atoms with Gasteiger partial charge in [0.15, 0.2) is 0 Å². The van der Waals surface area contributed by atoms with E-state index in [2.05, 4.69) is 5.16 Å². The van der Waals surface area contributed by atoms with Crippen molar-refractivity contribution in [3.8, 4) is 0 Å². The Morgan fingerprint density at radius 2 is 2.05 bits per heavy atom. The van der Waals surface area contributed by atoms with Crippen LogP contribution in [0.1, 0.15) is 32.9 Å². The first-order valence-electron chi connectivity index (χ1n) is 6.43. The van der Waals surface area contributed by atoms with Crippen molar-refractivity contribution in [1.82, 2.24) is 10.1 Å². The zero-order valence-corrected chi connectivity index (χ0v) is 12.2. The number of hydrogen-bond donors (Lipinski definition) is 1. The summed E-state index contributed by atoms with van der Waals surface area (Å²) in [6.45, 7) is 6.09. The van der Waals surface area contributed by atoms with E-state index in [0.29, 0.717) is 17.8 Å². The number of anilines is 1. The first-order chi connectivity index (χ1) is 9.40. The van der Waals surface area contributed by atoms with Gasteiger partial charge in [-0.05, 0) is 32.9 Å². The highest BCUT2D eigenvalue weighted by atomic mass is 16.5. The summed E-state index contributed by atoms with van der Waals surface area (Å²) in [4.78, 5) is 14.1. The maximum Gasteiger partial charge on any atom is 0.255 e. The third kappa shape index (κ3) is 2.66. The quantitative estimate of drug-likeness (QED) is 0.872. The zero-order chi connectivity index (χ0) is 14.9. The van der Waals surface area contributed by atoms with Gasteiger partial charge in [-0.15, -0.1) is 0 Å². The summed E-state index contributed by atoms with van der Waals surface area (Å²) in [5.41, 5.74) is 9.65. The van der Waals surface area contributed by atoms with Gasteiger partial charge in [-0.3, -0.25) is 4.79 Å². The molecule has 5 nitrogen and oxygen atoms in total. The predicted octanol–water partition coefficient (Wildman–Crippen LogP) is 2.45. The van der Waals surface area contributed by atoms with Gasteiger partial charge in [0, 0.05) is 18.3 Å². The molecule has 0 fully saturated rings. The normalized spacial score (nSPS) is 10.6. The van der Waals surface area contributed by atoms with Crippen LogP contribution in [0.2, 0.25) is 0 Å². The van der Waals surface area contributed by atoms with Crippen LogP contribution in [0.3, 0.4) is 0 Å². The second-order valence-corrected chi connectivity index (χ2v) is 5.05. The van der Waals surface area contributed by atoms with Crippen LogP contribution in [0, 0.1) is 20.8 Å². The Bertz CT molecular complexity index is 627. The summed E-state index contributed by atoms with van der Waals surface area (Å²) in [5.74, 6) is 0.630. The summed E-state index contributed by atoms with van der Waals surface area (Å²) in [6.07, 6.45) is 0. The summed E-state index contributed by atoms with van der Waals surface area (Å²) < 4.78 is 5.11. The molecule has 0 radical (unpaired) electrons. The average molecular weight is 273 g/mol. The molecule has 0 aliphatic carbocycles. The molecule has 1 amide bonds. The number of carbonyl (C=O) groups is 1. The highest BCUT2D eigenvalue weighted by Crippen LogP contribution is 2.19. The number of benzene rings is 1. The smallest absolute Gasteiger partial charge is 0.255 e. The van der Waals surface area contributed by atoms with Crippen molar-refractivity contribution in [1.29, 1.82) is 0 Å². The molecule has 0 saturated carbocycles. The first kappa shape index (κ1) is 14.1. The van der Waals surface area contributed by atoms with Crippen LogP contribution < -0.4 is 5.73 Å². The maximum atomic E-state index is 12.5. The number of aryl methyl sites for hydroxylation is 3. The molecule has 0 unspecified atom stereocenters. The Morgan fingerprint density at radius 1 is 1.35 bits per heavy atom. The molecule has 1 aromatic heterocycles. The summed E-state index contributed by atoms with van der Waals surface area (Å²) >= 11 is 0. The van der Waals surface area contributed by atoms with Crippen molar-refractivity contribution >= 4 is 11.6 Å². The van der Waals surface area contributed by atoms with Crippen molar-refractivity contribution in [2.75, 3.05) is 12.8 Å². The van der Waals surface area contributed by atoms with E-state index in [4.69, 9.17) is 10.3 Å². The minimum Gasteiger partial charge on any atom is -0.398 e. The van der Waals surface area contributed by atoms with Gasteiger partial charge in [0.05, 0.1) is 17.8 Å². The molecule has 2 aromatic rings. The van der Waals surface area contributed by atoms with Gasteiger partial charge in [-0.2, -0.15) is 0 Å². The number of nitrogens with zero attached hydrogens (tertiary/aromatic N) is 2. The Labute approximate surface area is 118 Å². The van der Waals surface area contributed by atoms with E-state index in [1.807, 2.05) is 32.9 Å². The average Bonchev–Trinajstić information content (AvgIpc) is 2.72. The number of hydrogen-bond acceptors (Lipinski definition) is 4. The minimum atomic E-state index is -0.105. The molecule has 5 heteroatoms. The van der Waals surface area contributed by atoms with Crippen molar-refractivity contribution < 1.29 is 9.32 Å². The van der Waals surface area contributed by atoms with E-state index in [9.17, 15) is 4.79 Å². The third-order valence-corrected chi connectivity index (χ3v) is 3.36. The van der Waals surface area contributed by atoms with Crippen LogP contribution in [-0.4, -0.2) is 23.0 Å². The number of nitrogen functional groups attached to an aromatic ring is 1. The zero-order valence-electron chi connectivity index (χ0n) is 12.2. The largest absolute Gasteiger partial charge is 0.398 e. The van der Waals surface area contributed by atoms with Gasteiger partial charge >= 0.3 is 0 Å². The summed E-state index contributed by atoms with van der Waals surface area (Å²) in [7, 11) is 1.75. The van der Waals surface area contributed by atoms with E-state index in [-0.39, 0.29) is 5.91 Å². The van der Waals surface area contributed by atoms with Gasteiger partial charge in [0.1, 0.15) is 5.76 Å². The van der Waals surface area contributed by atoms with Crippen LogP contribution in [0.5, 0.6) is 0 Å². The Balaban J connectivity index is 2.23. The molecule has 1 heterocycles. The number of aromatic nitrogens is 1. The lowest BCUT2D eigenvalue weighted by atomic mass is 10.1. The van der Waals surface area contributed by atoms with Crippen LogP contribution >= 0.6 is 0 Å². The van der Waals surface area contributed by atoms with Gasteiger partial charge in [-0.1, -0.05) is 16.8 Å². The van der Waals surface area contributed by atoms with Gasteiger partial charge in [0.25, 0.3) is 5.91 Å². The Kier molecular flexibility index (Phi) is 3.79. The second-order valence-electron chi connectivity index (χ2n) is 5.05. The number of nitrogens with two attached hydrogens (primary N) is 1. The van der Waals surface area contributed by atoms with Crippen molar-refractivity contribution in [2.45, 2.75) is 27.3 Å². The summed E-state index contributed by atoms with van der Waals surface area (Å²) in [6, 6.07) is 5.45. The van der Waals surface area contributed by atoms with Gasteiger partial charge in [0.2, 0.25) is 0 Å². The molecule has 0 aliphatic rings. The molecule has 2 N–H and O–H groups in total. The van der Waals surface area contributed by atoms with E-state index in [1.165, 1.54) is 0 Å². The number of rotatable bonds is 3. The molecule has 2 rings (SSSR count). The molecule has 0 saturated heterocycles. The SMILES string of the molecule is Cc1ccc(N)c(C(=O)N(C)Cc2c(C)noc2C)c1. The van der Waals surface area contributed by atoms with E-state index < -0.39 is 0 Å². The topological polar surface area (TPSA) is 72.4 Å². The third-order valence-electron chi connectivity index (χ3n) is 3.36. The Morgan fingerprint density at radius 3 is 2.65 bits per heavy atom. The summed E-state index contributed by atoms with van der Waals surface area (Å²) in [5, 5.41) is 3.90. The monoisotopic (exact) mass is 273 g/mol. The lowest BCUT2D eigenvalue weighted by Gasteiger charge is -2.18. The van der Waals surface area contributed by atoms with Crippen LogP contribution in [-0.2, 0) is 6.54 Å². The molecule has 0 atom stereocenters. The fraction of sp³-hybridized carbons (Fsp3) is 0.333. The molecule has 20 heavy (non-hydrogen) atoms. The molecule has 0 spiro atoms.